The number of nitrogens with zero attached hydrogens (tertiary/aromatic N) is 3. The molecule has 1 aliphatic rings. The average Bonchev–Trinajstić information content (AvgIpc) is 2.79. The first-order valence-electron chi connectivity index (χ1n) is 5.57. The number of aromatic nitrogens is 2. The monoisotopic (exact) mass is 246 g/mol. The highest BCUT2D eigenvalue weighted by Gasteiger charge is 2.42. The summed E-state index contributed by atoms with van der Waals surface area (Å²) in [6.45, 7) is 3.52. The van der Waals surface area contributed by atoms with Gasteiger partial charge in [0.1, 0.15) is 18.6 Å². The molecule has 18 heavy (non-hydrogen) atoms. The van der Waals surface area contributed by atoms with Gasteiger partial charge in [0.2, 0.25) is 0 Å². The summed E-state index contributed by atoms with van der Waals surface area (Å²) in [6, 6.07) is 1.84. The Labute approximate surface area is 104 Å². The molecule has 0 aliphatic heterocycles. The Kier molecular flexibility index (Phi) is 3.17. The molecular weight excluding hydrogens is 232 g/mol. The number of nitrogens with two attached hydrogens (primary N) is 1. The van der Waals surface area contributed by atoms with Crippen LogP contribution < -0.4 is 5.73 Å². The van der Waals surface area contributed by atoms with Crippen molar-refractivity contribution in [2.24, 2.45) is 5.73 Å². The molecule has 2 N–H and O–H groups in total. The van der Waals surface area contributed by atoms with Crippen LogP contribution in [0.3, 0.4) is 0 Å². The first-order valence-corrected chi connectivity index (χ1v) is 5.57. The van der Waals surface area contributed by atoms with Crippen molar-refractivity contribution in [2.45, 2.75) is 32.2 Å². The lowest BCUT2D eigenvalue weighted by Crippen LogP contribution is -2.18. The molecular formula is C12H14N4O2. The van der Waals surface area contributed by atoms with Crippen LogP contribution in [0.5, 0.6) is 0 Å². The Morgan fingerprint density at radius 3 is 2.17 bits per heavy atom. The van der Waals surface area contributed by atoms with Gasteiger partial charge in [-0.05, 0) is 12.8 Å². The van der Waals surface area contributed by atoms with Gasteiger partial charge in [0, 0.05) is 13.8 Å². The topological polar surface area (TPSA) is 102 Å². The van der Waals surface area contributed by atoms with Crippen LogP contribution in [-0.4, -0.2) is 9.97 Å². The van der Waals surface area contributed by atoms with E-state index in [0.29, 0.717) is 17.5 Å². The Morgan fingerprint density at radius 2 is 1.83 bits per heavy atom. The molecule has 2 aromatic heterocycles. The summed E-state index contributed by atoms with van der Waals surface area (Å²) >= 11 is 0. The molecule has 0 aromatic carbocycles. The third-order valence-electron chi connectivity index (χ3n) is 2.65. The number of aryl methyl sites for hydroxylation is 2. The predicted octanol–water partition coefficient (Wildman–Crippen LogP) is 1.79. The Morgan fingerprint density at radius 1 is 1.22 bits per heavy atom. The second-order valence-electron chi connectivity index (χ2n) is 4.27. The molecule has 0 unspecified atom stereocenters. The van der Waals surface area contributed by atoms with Gasteiger partial charge in [0.25, 0.3) is 0 Å². The van der Waals surface area contributed by atoms with Crippen molar-refractivity contribution in [1.29, 1.82) is 5.26 Å². The van der Waals surface area contributed by atoms with Crippen molar-refractivity contribution in [2.75, 3.05) is 0 Å². The summed E-state index contributed by atoms with van der Waals surface area (Å²) < 4.78 is 9.76. The van der Waals surface area contributed by atoms with Gasteiger partial charge in [-0.2, -0.15) is 5.26 Å². The van der Waals surface area contributed by atoms with Crippen molar-refractivity contribution in [3.63, 3.8) is 0 Å². The summed E-state index contributed by atoms with van der Waals surface area (Å²) in [6.07, 6.45) is 5.07. The number of hydrogen-bond donors (Lipinski definition) is 1. The molecule has 1 aliphatic carbocycles. The molecule has 0 saturated heterocycles. The zero-order valence-electron chi connectivity index (χ0n) is 10.3. The van der Waals surface area contributed by atoms with Crippen LogP contribution >= 0.6 is 0 Å². The maximum atomic E-state index is 8.18. The molecule has 2 aromatic rings. The van der Waals surface area contributed by atoms with Gasteiger partial charge in [-0.25, -0.2) is 9.97 Å². The summed E-state index contributed by atoms with van der Waals surface area (Å²) in [4.78, 5) is 7.85. The summed E-state index contributed by atoms with van der Waals surface area (Å²) in [5.74, 6) is 1.23. The average molecular weight is 246 g/mol. The summed E-state index contributed by atoms with van der Waals surface area (Å²) in [7, 11) is 0. The minimum atomic E-state index is -0.141. The highest BCUT2D eigenvalue weighted by atomic mass is 16.3. The van der Waals surface area contributed by atoms with Crippen molar-refractivity contribution in [1.82, 2.24) is 9.97 Å². The predicted molar refractivity (Wildman–Crippen MR) is 62.3 cm³/mol. The summed E-state index contributed by atoms with van der Waals surface area (Å²) in [5, 5.41) is 8.18. The smallest absolute Gasteiger partial charge is 0.192 e. The third-order valence-corrected chi connectivity index (χ3v) is 2.65. The quantitative estimate of drug-likeness (QED) is 0.822. The van der Waals surface area contributed by atoms with E-state index in [1.165, 1.54) is 6.26 Å². The van der Waals surface area contributed by atoms with Gasteiger partial charge in [-0.15, -0.1) is 0 Å². The highest BCUT2D eigenvalue weighted by molar-refractivity contribution is 5.18. The number of oxazole rings is 2. The molecule has 0 atom stereocenters. The molecule has 6 heteroatoms. The lowest BCUT2D eigenvalue weighted by molar-refractivity contribution is 0.519. The van der Waals surface area contributed by atoms with Gasteiger partial charge in [-0.1, -0.05) is 0 Å². The Balaban J connectivity index is 0.000000138. The van der Waals surface area contributed by atoms with E-state index in [9.17, 15) is 0 Å². The second kappa shape index (κ2) is 4.63. The zero-order valence-corrected chi connectivity index (χ0v) is 10.3. The molecule has 0 radical (unpaired) electrons. The lowest BCUT2D eigenvalue weighted by atomic mass is 10.2. The van der Waals surface area contributed by atoms with E-state index >= 15 is 0 Å². The van der Waals surface area contributed by atoms with E-state index in [-0.39, 0.29) is 5.54 Å². The summed E-state index contributed by atoms with van der Waals surface area (Å²) in [5.41, 5.74) is 6.96. The third kappa shape index (κ3) is 2.76. The van der Waals surface area contributed by atoms with Gasteiger partial charge in [-0.3, -0.25) is 0 Å². The normalized spacial score (nSPS) is 15.4. The molecule has 3 rings (SSSR count). The van der Waals surface area contributed by atoms with E-state index in [2.05, 4.69) is 9.97 Å². The molecule has 2 heterocycles. The number of hydrogen-bond acceptors (Lipinski definition) is 6. The molecule has 6 nitrogen and oxygen atoms in total. The van der Waals surface area contributed by atoms with Crippen LogP contribution in [0.4, 0.5) is 0 Å². The van der Waals surface area contributed by atoms with E-state index in [1.54, 1.807) is 13.2 Å². The van der Waals surface area contributed by atoms with E-state index in [0.717, 1.165) is 18.5 Å². The molecule has 94 valence electrons. The lowest BCUT2D eigenvalue weighted by Gasteiger charge is -1.99. The van der Waals surface area contributed by atoms with Gasteiger partial charge < -0.3 is 14.6 Å². The minimum absolute atomic E-state index is 0.141. The van der Waals surface area contributed by atoms with Crippen LogP contribution in [0.15, 0.2) is 21.4 Å². The zero-order chi connectivity index (χ0) is 13.2. The van der Waals surface area contributed by atoms with Crippen molar-refractivity contribution in [3.8, 4) is 6.07 Å². The van der Waals surface area contributed by atoms with Crippen LogP contribution in [0.25, 0.3) is 0 Å². The SMILES string of the molecule is Cc1nc(C#N)co1.Cc1nc(C2(N)CC2)co1. The van der Waals surface area contributed by atoms with Gasteiger partial charge >= 0.3 is 0 Å². The van der Waals surface area contributed by atoms with Gasteiger partial charge in [0.15, 0.2) is 17.5 Å². The maximum absolute atomic E-state index is 8.18. The molecule has 0 bridgehead atoms. The van der Waals surface area contributed by atoms with Crippen molar-refractivity contribution >= 4 is 0 Å². The largest absolute Gasteiger partial charge is 0.449 e. The van der Waals surface area contributed by atoms with Gasteiger partial charge in [0.05, 0.1) is 11.2 Å². The van der Waals surface area contributed by atoms with Crippen LogP contribution in [0, 0.1) is 25.2 Å². The standard InChI is InChI=1S/C7H10N2O.C5H4N2O/c1-5-9-6(4-10-5)7(8)2-3-7;1-4-7-5(2-6)3-8-4/h4H,2-3,8H2,1H3;3H,1H3. The molecule has 0 amide bonds. The highest BCUT2D eigenvalue weighted by Crippen LogP contribution is 2.41. The number of nitriles is 1. The van der Waals surface area contributed by atoms with E-state index < -0.39 is 0 Å². The number of rotatable bonds is 1. The fourth-order valence-corrected chi connectivity index (χ4v) is 1.40. The van der Waals surface area contributed by atoms with E-state index in [4.69, 9.17) is 19.8 Å². The molecule has 1 saturated carbocycles. The first kappa shape index (κ1) is 12.3. The minimum Gasteiger partial charge on any atom is -0.449 e. The van der Waals surface area contributed by atoms with Crippen LogP contribution in [0.1, 0.15) is 36.0 Å². The first-order chi connectivity index (χ1) is 8.53. The molecule has 1 fully saturated rings. The Hall–Kier alpha value is -2.13. The maximum Gasteiger partial charge on any atom is 0.192 e. The fraction of sp³-hybridized carbons (Fsp3) is 0.417. The molecule has 0 spiro atoms. The Bertz CT molecular complexity index is 575. The fourth-order valence-electron chi connectivity index (χ4n) is 1.40. The second-order valence-corrected chi connectivity index (χ2v) is 4.27. The van der Waals surface area contributed by atoms with E-state index in [1.807, 2.05) is 13.0 Å². The van der Waals surface area contributed by atoms with Crippen LogP contribution in [0.2, 0.25) is 0 Å². The van der Waals surface area contributed by atoms with Crippen molar-refractivity contribution in [3.05, 3.63) is 35.7 Å². The van der Waals surface area contributed by atoms with Crippen LogP contribution in [-0.2, 0) is 5.54 Å². The van der Waals surface area contributed by atoms with Crippen molar-refractivity contribution < 1.29 is 8.83 Å².